The van der Waals surface area contributed by atoms with Crippen LogP contribution in [0.5, 0.6) is 0 Å². The molecule has 0 unspecified atom stereocenters. The molecule has 1 saturated heterocycles. The van der Waals surface area contributed by atoms with Crippen molar-refractivity contribution < 1.29 is 14.0 Å². The SMILES string of the molecule is CN=C(NCCN1C(=O)CNC1=O)NCc1cccc(F)c1. The van der Waals surface area contributed by atoms with Gasteiger partial charge in [-0.3, -0.25) is 14.7 Å². The van der Waals surface area contributed by atoms with Gasteiger partial charge in [0, 0.05) is 26.7 Å². The van der Waals surface area contributed by atoms with Crippen molar-refractivity contribution in [2.45, 2.75) is 6.54 Å². The zero-order chi connectivity index (χ0) is 15.9. The van der Waals surface area contributed by atoms with Crippen LogP contribution < -0.4 is 16.0 Å². The molecule has 1 aliphatic rings. The lowest BCUT2D eigenvalue weighted by Gasteiger charge is -2.15. The monoisotopic (exact) mass is 307 g/mol. The third kappa shape index (κ3) is 4.18. The summed E-state index contributed by atoms with van der Waals surface area (Å²) in [5, 5.41) is 8.47. The van der Waals surface area contributed by atoms with Gasteiger partial charge in [-0.1, -0.05) is 12.1 Å². The Morgan fingerprint density at radius 3 is 2.86 bits per heavy atom. The minimum Gasteiger partial charge on any atom is -0.355 e. The molecule has 0 aliphatic carbocycles. The Balaban J connectivity index is 1.76. The Morgan fingerprint density at radius 1 is 1.41 bits per heavy atom. The van der Waals surface area contributed by atoms with Crippen molar-refractivity contribution >= 4 is 17.9 Å². The molecule has 1 aromatic rings. The molecule has 1 aromatic carbocycles. The number of urea groups is 1. The molecule has 0 aromatic heterocycles. The van der Waals surface area contributed by atoms with Gasteiger partial charge in [0.1, 0.15) is 5.82 Å². The van der Waals surface area contributed by atoms with E-state index in [0.717, 1.165) is 10.5 Å². The molecule has 22 heavy (non-hydrogen) atoms. The summed E-state index contributed by atoms with van der Waals surface area (Å²) in [6, 6.07) is 5.88. The van der Waals surface area contributed by atoms with Crippen LogP contribution in [-0.4, -0.2) is 49.5 Å². The number of rotatable bonds is 5. The van der Waals surface area contributed by atoms with Gasteiger partial charge >= 0.3 is 6.03 Å². The standard InChI is InChI=1S/C14H18FN5O2/c1-16-13(18-8-10-3-2-4-11(15)7-10)17-5-6-20-12(21)9-19-14(20)22/h2-4,7H,5-6,8-9H2,1H3,(H,19,22)(H2,16,17,18). The fraction of sp³-hybridized carbons (Fsp3) is 0.357. The van der Waals surface area contributed by atoms with Crippen molar-refractivity contribution in [1.29, 1.82) is 0 Å². The second kappa shape index (κ2) is 7.39. The predicted octanol–water partition coefficient (Wildman–Crippen LogP) is 0.0425. The highest BCUT2D eigenvalue weighted by atomic mass is 19.1. The second-order valence-corrected chi connectivity index (χ2v) is 4.69. The molecule has 0 bridgehead atoms. The number of guanidine groups is 1. The molecule has 1 fully saturated rings. The first kappa shape index (κ1) is 15.7. The lowest BCUT2D eigenvalue weighted by molar-refractivity contribution is -0.124. The van der Waals surface area contributed by atoms with E-state index in [-0.39, 0.29) is 30.8 Å². The number of nitrogens with one attached hydrogen (secondary N) is 3. The van der Waals surface area contributed by atoms with E-state index in [1.54, 1.807) is 19.2 Å². The fourth-order valence-electron chi connectivity index (χ4n) is 2.02. The smallest absolute Gasteiger partial charge is 0.324 e. The van der Waals surface area contributed by atoms with Crippen LogP contribution in [0, 0.1) is 5.82 Å². The average molecular weight is 307 g/mol. The molecule has 118 valence electrons. The van der Waals surface area contributed by atoms with Gasteiger partial charge < -0.3 is 16.0 Å². The van der Waals surface area contributed by atoms with E-state index in [2.05, 4.69) is 20.9 Å². The number of halogens is 1. The summed E-state index contributed by atoms with van der Waals surface area (Å²) < 4.78 is 13.1. The third-order valence-electron chi connectivity index (χ3n) is 3.14. The van der Waals surface area contributed by atoms with Crippen molar-refractivity contribution in [2.24, 2.45) is 4.99 Å². The number of carbonyl (C=O) groups is 2. The van der Waals surface area contributed by atoms with Crippen LogP contribution >= 0.6 is 0 Å². The Morgan fingerprint density at radius 2 is 2.23 bits per heavy atom. The molecule has 1 heterocycles. The Bertz CT molecular complexity index is 574. The van der Waals surface area contributed by atoms with Crippen molar-refractivity contribution in [1.82, 2.24) is 20.9 Å². The first-order valence-electron chi connectivity index (χ1n) is 6.87. The van der Waals surface area contributed by atoms with Crippen LogP contribution in [0.2, 0.25) is 0 Å². The van der Waals surface area contributed by atoms with Crippen molar-refractivity contribution in [3.05, 3.63) is 35.6 Å². The van der Waals surface area contributed by atoms with Gasteiger partial charge in [-0.25, -0.2) is 9.18 Å². The maximum Gasteiger partial charge on any atom is 0.324 e. The van der Waals surface area contributed by atoms with Gasteiger partial charge in [0.2, 0.25) is 5.91 Å². The molecule has 0 spiro atoms. The first-order chi connectivity index (χ1) is 10.6. The Labute approximate surface area is 127 Å². The van der Waals surface area contributed by atoms with Gasteiger partial charge in [-0.15, -0.1) is 0 Å². The highest BCUT2D eigenvalue weighted by molar-refractivity contribution is 6.01. The van der Waals surface area contributed by atoms with Crippen LogP contribution in [0.25, 0.3) is 0 Å². The number of carbonyl (C=O) groups excluding carboxylic acids is 2. The number of hydrogen-bond acceptors (Lipinski definition) is 3. The second-order valence-electron chi connectivity index (χ2n) is 4.69. The van der Waals surface area contributed by atoms with Gasteiger partial charge in [0.05, 0.1) is 6.54 Å². The minimum atomic E-state index is -0.380. The number of imide groups is 1. The lowest BCUT2D eigenvalue weighted by atomic mass is 10.2. The van der Waals surface area contributed by atoms with Crippen LogP contribution in [0.1, 0.15) is 5.56 Å². The fourth-order valence-corrected chi connectivity index (χ4v) is 2.02. The summed E-state index contributed by atoms with van der Waals surface area (Å²) in [5.41, 5.74) is 0.789. The molecule has 7 nitrogen and oxygen atoms in total. The maximum absolute atomic E-state index is 13.1. The number of nitrogens with zero attached hydrogens (tertiary/aromatic N) is 2. The van der Waals surface area contributed by atoms with Gasteiger partial charge in [-0.05, 0) is 17.7 Å². The third-order valence-corrected chi connectivity index (χ3v) is 3.14. The van der Waals surface area contributed by atoms with Crippen LogP contribution in [-0.2, 0) is 11.3 Å². The van der Waals surface area contributed by atoms with Crippen molar-refractivity contribution in [3.63, 3.8) is 0 Å². The quantitative estimate of drug-likeness (QED) is 0.407. The number of benzene rings is 1. The normalized spacial score (nSPS) is 15.0. The summed E-state index contributed by atoms with van der Waals surface area (Å²) in [6.45, 7) is 1.10. The molecule has 8 heteroatoms. The van der Waals surface area contributed by atoms with Crippen molar-refractivity contribution in [2.75, 3.05) is 26.7 Å². The average Bonchev–Trinajstić information content (AvgIpc) is 2.82. The molecule has 3 N–H and O–H groups in total. The van der Waals surface area contributed by atoms with E-state index < -0.39 is 0 Å². The molecular formula is C14H18FN5O2. The zero-order valence-corrected chi connectivity index (χ0v) is 12.2. The molecule has 0 radical (unpaired) electrons. The molecule has 3 amide bonds. The van der Waals surface area contributed by atoms with Gasteiger partial charge in [0.15, 0.2) is 5.96 Å². The molecule has 0 atom stereocenters. The van der Waals surface area contributed by atoms with E-state index in [0.29, 0.717) is 19.0 Å². The summed E-state index contributed by atoms with van der Waals surface area (Å²) in [6.07, 6.45) is 0. The molecule has 0 saturated carbocycles. The van der Waals surface area contributed by atoms with Crippen molar-refractivity contribution in [3.8, 4) is 0 Å². The topological polar surface area (TPSA) is 85.8 Å². The molecule has 2 rings (SSSR count). The predicted molar refractivity (Wildman–Crippen MR) is 79.7 cm³/mol. The lowest BCUT2D eigenvalue weighted by Crippen LogP contribution is -2.43. The Kier molecular flexibility index (Phi) is 5.29. The number of aliphatic imine (C=N–C) groups is 1. The molecular weight excluding hydrogens is 289 g/mol. The maximum atomic E-state index is 13.1. The Hall–Kier alpha value is -2.64. The number of hydrogen-bond donors (Lipinski definition) is 3. The zero-order valence-electron chi connectivity index (χ0n) is 12.2. The van der Waals surface area contributed by atoms with E-state index >= 15 is 0 Å². The van der Waals surface area contributed by atoms with Crippen LogP contribution in [0.15, 0.2) is 29.3 Å². The summed E-state index contributed by atoms with van der Waals surface area (Å²) in [5.74, 6) is -0.0216. The van der Waals surface area contributed by atoms with Crippen LogP contribution in [0.4, 0.5) is 9.18 Å². The van der Waals surface area contributed by atoms with E-state index in [1.165, 1.54) is 12.1 Å². The first-order valence-corrected chi connectivity index (χ1v) is 6.87. The summed E-state index contributed by atoms with van der Waals surface area (Å²) in [4.78, 5) is 27.9. The minimum absolute atomic E-state index is 0.0470. The summed E-state index contributed by atoms with van der Waals surface area (Å²) in [7, 11) is 1.61. The summed E-state index contributed by atoms with van der Waals surface area (Å²) >= 11 is 0. The van der Waals surface area contributed by atoms with Gasteiger partial charge in [0.25, 0.3) is 0 Å². The van der Waals surface area contributed by atoms with Crippen LogP contribution in [0.3, 0.4) is 0 Å². The number of amides is 3. The van der Waals surface area contributed by atoms with Gasteiger partial charge in [-0.2, -0.15) is 0 Å². The van der Waals surface area contributed by atoms with E-state index in [9.17, 15) is 14.0 Å². The van der Waals surface area contributed by atoms with E-state index in [1.807, 2.05) is 0 Å². The largest absolute Gasteiger partial charge is 0.355 e. The molecule has 1 aliphatic heterocycles. The van der Waals surface area contributed by atoms with E-state index in [4.69, 9.17) is 0 Å². The highest BCUT2D eigenvalue weighted by Gasteiger charge is 2.27. The highest BCUT2D eigenvalue weighted by Crippen LogP contribution is 2.02.